The highest BCUT2D eigenvalue weighted by Gasteiger charge is 2.25. The summed E-state index contributed by atoms with van der Waals surface area (Å²) in [7, 11) is -0.645. The summed E-state index contributed by atoms with van der Waals surface area (Å²) in [5.74, 6) is 0.824. The topological polar surface area (TPSA) is 79.0 Å². The van der Waals surface area contributed by atoms with Gasteiger partial charge in [0.15, 0.2) is 0 Å². The quantitative estimate of drug-likeness (QED) is 0.722. The molecule has 1 fully saturated rings. The second-order valence-corrected chi connectivity index (χ2v) is 10.9. The average molecular weight is 458 g/mol. The van der Waals surface area contributed by atoms with Gasteiger partial charge in [-0.25, -0.2) is 12.7 Å². The minimum absolute atomic E-state index is 0.128. The Hall–Kier alpha value is -2.58. The number of benzene rings is 2. The van der Waals surface area contributed by atoms with Crippen molar-refractivity contribution in [2.24, 2.45) is 5.92 Å². The standard InChI is InChI=1S/C24H31N3O4S/c1-26(2)32(29,30)20-10-11-22(27-12-6-3-7-13-27)21(15-20)24(28)25-16-18-14-19-8-4-5-9-23(19)31-17-18/h4-5,8-11,15,18H,3,6-7,12-14,16-17H2,1-2H3,(H,25,28)/t18-/m0/s1. The molecule has 0 aliphatic carbocycles. The Bertz CT molecular complexity index is 1080. The number of carbonyl (C=O) groups is 1. The monoisotopic (exact) mass is 457 g/mol. The third-order valence-electron chi connectivity index (χ3n) is 6.20. The maximum absolute atomic E-state index is 13.3. The molecule has 4 rings (SSSR count). The lowest BCUT2D eigenvalue weighted by molar-refractivity contribution is 0.0939. The molecule has 0 saturated carbocycles. The first kappa shape index (κ1) is 22.6. The molecule has 0 unspecified atom stereocenters. The van der Waals surface area contributed by atoms with Crippen molar-refractivity contribution >= 4 is 21.6 Å². The number of carbonyl (C=O) groups excluding carboxylic acids is 1. The summed E-state index contributed by atoms with van der Waals surface area (Å²) in [4.78, 5) is 15.6. The Kier molecular flexibility index (Phi) is 6.71. The summed E-state index contributed by atoms with van der Waals surface area (Å²) < 4.78 is 32.4. The molecule has 2 aliphatic rings. The number of rotatable bonds is 6. The lowest BCUT2D eigenvalue weighted by Crippen LogP contribution is -2.37. The van der Waals surface area contributed by atoms with Gasteiger partial charge in [-0.2, -0.15) is 0 Å². The van der Waals surface area contributed by atoms with Crippen LogP contribution < -0.4 is 15.0 Å². The van der Waals surface area contributed by atoms with Gasteiger partial charge in [-0.1, -0.05) is 18.2 Å². The number of hydrogen-bond donors (Lipinski definition) is 1. The second kappa shape index (κ2) is 9.50. The molecule has 7 nitrogen and oxygen atoms in total. The van der Waals surface area contributed by atoms with E-state index in [1.54, 1.807) is 12.1 Å². The number of sulfonamides is 1. The van der Waals surface area contributed by atoms with Gasteiger partial charge in [0.2, 0.25) is 10.0 Å². The molecule has 2 heterocycles. The van der Waals surface area contributed by atoms with Crippen LogP contribution in [0, 0.1) is 5.92 Å². The largest absolute Gasteiger partial charge is 0.493 e. The minimum Gasteiger partial charge on any atom is -0.493 e. The lowest BCUT2D eigenvalue weighted by Gasteiger charge is -2.31. The van der Waals surface area contributed by atoms with Crippen molar-refractivity contribution < 1.29 is 17.9 Å². The molecule has 1 amide bonds. The van der Waals surface area contributed by atoms with Gasteiger partial charge in [-0.15, -0.1) is 0 Å². The van der Waals surface area contributed by atoms with E-state index >= 15 is 0 Å². The molecule has 0 aromatic heterocycles. The molecule has 0 bridgehead atoms. The van der Waals surface area contributed by atoms with Crippen molar-refractivity contribution in [1.82, 2.24) is 9.62 Å². The summed E-state index contributed by atoms with van der Waals surface area (Å²) in [5, 5.41) is 3.03. The third-order valence-corrected chi connectivity index (χ3v) is 8.01. The van der Waals surface area contributed by atoms with Crippen molar-refractivity contribution in [3.8, 4) is 5.75 Å². The summed E-state index contributed by atoms with van der Waals surface area (Å²) in [6.45, 7) is 2.75. The van der Waals surface area contributed by atoms with Crippen LogP contribution in [0.25, 0.3) is 0 Å². The van der Waals surface area contributed by atoms with Crippen LogP contribution in [0.1, 0.15) is 35.2 Å². The molecule has 1 saturated heterocycles. The van der Waals surface area contributed by atoms with Crippen LogP contribution >= 0.6 is 0 Å². The maximum atomic E-state index is 13.3. The zero-order valence-electron chi connectivity index (χ0n) is 18.7. The predicted octanol–water partition coefficient (Wildman–Crippen LogP) is 2.91. The van der Waals surface area contributed by atoms with E-state index < -0.39 is 10.0 Å². The Balaban J connectivity index is 1.55. The molecule has 2 aliphatic heterocycles. The van der Waals surface area contributed by atoms with Crippen LogP contribution in [0.2, 0.25) is 0 Å². The highest BCUT2D eigenvalue weighted by atomic mass is 32.2. The molecule has 1 N–H and O–H groups in total. The highest BCUT2D eigenvalue weighted by Crippen LogP contribution is 2.29. The normalized spacial score (nSPS) is 18.7. The van der Waals surface area contributed by atoms with Crippen LogP contribution in [0.5, 0.6) is 5.75 Å². The summed E-state index contributed by atoms with van der Waals surface area (Å²) in [6, 6.07) is 12.8. The van der Waals surface area contributed by atoms with E-state index in [9.17, 15) is 13.2 Å². The zero-order valence-corrected chi connectivity index (χ0v) is 19.5. The number of ether oxygens (including phenoxy) is 1. The van der Waals surface area contributed by atoms with E-state index in [1.807, 2.05) is 24.3 Å². The van der Waals surface area contributed by atoms with Gasteiger partial charge < -0.3 is 15.0 Å². The number of nitrogens with zero attached hydrogens (tertiary/aromatic N) is 2. The van der Waals surface area contributed by atoms with Crippen LogP contribution in [0.3, 0.4) is 0 Å². The molecule has 2 aromatic rings. The van der Waals surface area contributed by atoms with Crippen molar-refractivity contribution in [1.29, 1.82) is 0 Å². The van der Waals surface area contributed by atoms with E-state index in [1.165, 1.54) is 30.9 Å². The Morgan fingerprint density at radius 2 is 1.88 bits per heavy atom. The molecule has 0 spiro atoms. The molecule has 0 radical (unpaired) electrons. The van der Waals surface area contributed by atoms with E-state index in [4.69, 9.17) is 4.74 Å². The Labute approximate surface area is 190 Å². The molecular formula is C24H31N3O4S. The minimum atomic E-state index is -3.63. The van der Waals surface area contributed by atoms with E-state index in [0.717, 1.165) is 49.4 Å². The summed E-state index contributed by atoms with van der Waals surface area (Å²) in [6.07, 6.45) is 4.15. The maximum Gasteiger partial charge on any atom is 0.253 e. The number of para-hydroxylation sites is 1. The first-order valence-electron chi connectivity index (χ1n) is 11.2. The molecule has 2 aromatic carbocycles. The summed E-state index contributed by atoms with van der Waals surface area (Å²) in [5.41, 5.74) is 2.35. The van der Waals surface area contributed by atoms with Gasteiger partial charge in [0, 0.05) is 45.3 Å². The fraction of sp³-hybridized carbons (Fsp3) is 0.458. The van der Waals surface area contributed by atoms with Crippen molar-refractivity contribution in [2.75, 3.05) is 45.2 Å². The van der Waals surface area contributed by atoms with Gasteiger partial charge in [-0.05, 0) is 55.5 Å². The molecule has 1 atom stereocenters. The predicted molar refractivity (Wildman–Crippen MR) is 125 cm³/mol. The van der Waals surface area contributed by atoms with Crippen molar-refractivity contribution in [3.05, 3.63) is 53.6 Å². The zero-order chi connectivity index (χ0) is 22.7. The van der Waals surface area contributed by atoms with Crippen molar-refractivity contribution in [2.45, 2.75) is 30.6 Å². The van der Waals surface area contributed by atoms with Crippen LogP contribution in [0.15, 0.2) is 47.4 Å². The molecule has 32 heavy (non-hydrogen) atoms. The molecule has 172 valence electrons. The first-order valence-corrected chi connectivity index (χ1v) is 12.6. The third kappa shape index (κ3) is 4.76. The first-order chi connectivity index (χ1) is 15.4. The van der Waals surface area contributed by atoms with Gasteiger partial charge in [-0.3, -0.25) is 4.79 Å². The van der Waals surface area contributed by atoms with Gasteiger partial charge in [0.05, 0.1) is 17.1 Å². The van der Waals surface area contributed by atoms with Crippen LogP contribution in [-0.2, 0) is 16.4 Å². The number of hydrogen-bond acceptors (Lipinski definition) is 5. The smallest absolute Gasteiger partial charge is 0.253 e. The SMILES string of the molecule is CN(C)S(=O)(=O)c1ccc(N2CCCCC2)c(C(=O)NC[C@H]2COc3ccccc3C2)c1. The van der Waals surface area contributed by atoms with Crippen LogP contribution in [-0.4, -0.2) is 59.0 Å². The number of fused-ring (bicyclic) bond motifs is 1. The fourth-order valence-corrected chi connectivity index (χ4v) is 5.26. The van der Waals surface area contributed by atoms with Gasteiger partial charge in [0.25, 0.3) is 5.91 Å². The Morgan fingerprint density at radius 1 is 1.12 bits per heavy atom. The van der Waals surface area contributed by atoms with E-state index in [2.05, 4.69) is 10.2 Å². The van der Waals surface area contributed by atoms with Crippen LogP contribution in [0.4, 0.5) is 5.69 Å². The van der Waals surface area contributed by atoms with E-state index in [0.29, 0.717) is 18.7 Å². The average Bonchev–Trinajstić information content (AvgIpc) is 2.82. The molecular weight excluding hydrogens is 426 g/mol. The second-order valence-electron chi connectivity index (χ2n) is 8.71. The number of piperidine rings is 1. The number of anilines is 1. The summed E-state index contributed by atoms with van der Waals surface area (Å²) >= 11 is 0. The lowest BCUT2D eigenvalue weighted by atomic mass is 9.96. The molecule has 8 heteroatoms. The van der Waals surface area contributed by atoms with E-state index in [-0.39, 0.29) is 16.7 Å². The fourth-order valence-electron chi connectivity index (χ4n) is 4.33. The number of nitrogens with one attached hydrogen (secondary N) is 1. The Morgan fingerprint density at radius 3 is 2.62 bits per heavy atom. The van der Waals surface area contributed by atoms with Crippen molar-refractivity contribution in [3.63, 3.8) is 0 Å². The highest BCUT2D eigenvalue weighted by molar-refractivity contribution is 7.89. The number of amides is 1. The van der Waals surface area contributed by atoms with Gasteiger partial charge >= 0.3 is 0 Å². The van der Waals surface area contributed by atoms with Gasteiger partial charge in [0.1, 0.15) is 5.75 Å².